The van der Waals surface area contributed by atoms with E-state index in [0.717, 1.165) is 38.8 Å². The molecule has 4 rings (SSSR count). The van der Waals surface area contributed by atoms with Crippen molar-refractivity contribution in [1.82, 2.24) is 9.97 Å². The van der Waals surface area contributed by atoms with Crippen molar-refractivity contribution in [3.8, 4) is 17.1 Å². The molecule has 0 radical (unpaired) electrons. The molecule has 3 aromatic rings. The van der Waals surface area contributed by atoms with Gasteiger partial charge in [-0.3, -0.25) is 4.79 Å². The van der Waals surface area contributed by atoms with E-state index in [2.05, 4.69) is 19.2 Å². The Morgan fingerprint density at radius 3 is 2.69 bits per heavy atom. The Kier molecular flexibility index (Phi) is 6.48. The number of aryl methyl sites for hydroxylation is 1. The largest absolute Gasteiger partial charge is 0.497 e. The summed E-state index contributed by atoms with van der Waals surface area (Å²) < 4.78 is 11.3. The highest BCUT2D eigenvalue weighted by Crippen LogP contribution is 2.34. The second-order valence-electron chi connectivity index (χ2n) is 8.44. The molecule has 0 unspecified atom stereocenters. The molecule has 1 aliphatic heterocycles. The van der Waals surface area contributed by atoms with Crippen LogP contribution < -0.4 is 10.1 Å². The Morgan fingerprint density at radius 2 is 1.97 bits per heavy atom. The van der Waals surface area contributed by atoms with Crippen LogP contribution in [0.3, 0.4) is 0 Å². The molecule has 2 aromatic carbocycles. The van der Waals surface area contributed by atoms with Crippen molar-refractivity contribution in [2.75, 3.05) is 18.2 Å². The number of nitrogens with one attached hydrogen (secondary N) is 1. The molecule has 1 amide bonds. The fourth-order valence-corrected chi connectivity index (χ4v) is 4.40. The number of anilines is 1. The lowest BCUT2D eigenvalue weighted by Crippen LogP contribution is -2.33. The molecule has 0 aliphatic carbocycles. The van der Waals surface area contributed by atoms with Crippen LogP contribution in [0.15, 0.2) is 53.6 Å². The van der Waals surface area contributed by atoms with Gasteiger partial charge in [0.1, 0.15) is 10.8 Å². The van der Waals surface area contributed by atoms with Gasteiger partial charge in [0, 0.05) is 23.2 Å². The van der Waals surface area contributed by atoms with Gasteiger partial charge in [-0.15, -0.1) is 0 Å². The van der Waals surface area contributed by atoms with Crippen molar-refractivity contribution in [2.45, 2.75) is 44.4 Å². The molecule has 1 N–H and O–H groups in total. The summed E-state index contributed by atoms with van der Waals surface area (Å²) in [5.41, 5.74) is 4.46. The Bertz CT molecular complexity index is 1130. The molecule has 1 aliphatic rings. The summed E-state index contributed by atoms with van der Waals surface area (Å²) in [5.74, 6) is 1.61. The van der Waals surface area contributed by atoms with Crippen molar-refractivity contribution in [1.29, 1.82) is 0 Å². The molecular formula is C25H27N3O3S. The summed E-state index contributed by atoms with van der Waals surface area (Å²) in [6, 6.07) is 15.5. The molecule has 0 bridgehead atoms. The third kappa shape index (κ3) is 5.29. The third-order valence-electron chi connectivity index (χ3n) is 5.25. The first-order chi connectivity index (χ1) is 15.3. The fourth-order valence-electron chi connectivity index (χ4n) is 3.56. The van der Waals surface area contributed by atoms with E-state index in [1.54, 1.807) is 7.11 Å². The monoisotopic (exact) mass is 449 g/mol. The van der Waals surface area contributed by atoms with Gasteiger partial charge in [0.05, 0.1) is 30.8 Å². The van der Waals surface area contributed by atoms with Crippen LogP contribution in [0.25, 0.3) is 11.4 Å². The van der Waals surface area contributed by atoms with Crippen LogP contribution in [0.1, 0.15) is 30.7 Å². The van der Waals surface area contributed by atoms with Gasteiger partial charge in [-0.2, -0.15) is 0 Å². The number of thioether (sulfide) groups is 1. The van der Waals surface area contributed by atoms with Crippen LogP contribution in [0.5, 0.6) is 5.75 Å². The number of nitrogens with zero attached hydrogens (tertiary/aromatic N) is 2. The van der Waals surface area contributed by atoms with E-state index < -0.39 is 0 Å². The lowest BCUT2D eigenvalue weighted by molar-refractivity contribution is -0.113. The number of hydrogen-bond donors (Lipinski definition) is 1. The van der Waals surface area contributed by atoms with Crippen molar-refractivity contribution in [2.24, 2.45) is 0 Å². The minimum Gasteiger partial charge on any atom is -0.497 e. The van der Waals surface area contributed by atoms with E-state index in [0.29, 0.717) is 18.9 Å². The highest BCUT2D eigenvalue weighted by Gasteiger charge is 2.30. The Balaban J connectivity index is 1.59. The van der Waals surface area contributed by atoms with E-state index in [-0.39, 0.29) is 17.3 Å². The number of carbonyl (C=O) groups excluding carboxylic acids is 1. The Morgan fingerprint density at radius 1 is 1.19 bits per heavy atom. The van der Waals surface area contributed by atoms with E-state index in [4.69, 9.17) is 19.4 Å². The first kappa shape index (κ1) is 22.3. The van der Waals surface area contributed by atoms with Gasteiger partial charge in [0.15, 0.2) is 5.82 Å². The van der Waals surface area contributed by atoms with Crippen LogP contribution >= 0.6 is 11.8 Å². The molecule has 2 heterocycles. The Labute approximate surface area is 192 Å². The summed E-state index contributed by atoms with van der Waals surface area (Å²) >= 11 is 1.42. The fraction of sp³-hybridized carbons (Fsp3) is 0.320. The molecular weight excluding hydrogens is 422 g/mol. The van der Waals surface area contributed by atoms with E-state index in [9.17, 15) is 4.79 Å². The number of benzene rings is 2. The van der Waals surface area contributed by atoms with E-state index in [1.165, 1.54) is 11.8 Å². The molecule has 0 spiro atoms. The number of carbonyl (C=O) groups is 1. The SMILES string of the molecule is COc1ccc(-c2nc3c(c(SCC(=O)Nc4cccc(C)c4)n2)COC(C)(C)C3)cc1. The number of rotatable bonds is 6. The smallest absolute Gasteiger partial charge is 0.234 e. The molecule has 0 saturated carbocycles. The average Bonchev–Trinajstić information content (AvgIpc) is 2.76. The van der Waals surface area contributed by atoms with Gasteiger partial charge < -0.3 is 14.8 Å². The second-order valence-corrected chi connectivity index (χ2v) is 9.40. The lowest BCUT2D eigenvalue weighted by atomic mass is 9.96. The minimum atomic E-state index is -0.289. The van der Waals surface area contributed by atoms with Crippen molar-refractivity contribution in [3.05, 3.63) is 65.4 Å². The van der Waals surface area contributed by atoms with Gasteiger partial charge >= 0.3 is 0 Å². The Hall–Kier alpha value is -2.90. The maximum atomic E-state index is 12.6. The lowest BCUT2D eigenvalue weighted by Gasteiger charge is -2.32. The number of hydrogen-bond acceptors (Lipinski definition) is 6. The van der Waals surface area contributed by atoms with Crippen LogP contribution in [0.2, 0.25) is 0 Å². The normalized spacial score (nSPS) is 14.5. The van der Waals surface area contributed by atoms with Crippen LogP contribution in [-0.4, -0.2) is 34.3 Å². The number of fused-ring (bicyclic) bond motifs is 1. The zero-order valence-electron chi connectivity index (χ0n) is 18.8. The first-order valence-electron chi connectivity index (χ1n) is 10.5. The average molecular weight is 450 g/mol. The quantitative estimate of drug-likeness (QED) is 0.420. The van der Waals surface area contributed by atoms with Gasteiger partial charge in [0.25, 0.3) is 0 Å². The number of ether oxygens (including phenoxy) is 2. The highest BCUT2D eigenvalue weighted by molar-refractivity contribution is 8.00. The second kappa shape index (κ2) is 9.30. The van der Waals surface area contributed by atoms with Gasteiger partial charge in [-0.1, -0.05) is 23.9 Å². The number of methoxy groups -OCH3 is 1. The summed E-state index contributed by atoms with van der Waals surface area (Å²) in [7, 11) is 1.64. The molecule has 0 fully saturated rings. The standard InChI is InChI=1S/C25H27N3O3S/c1-16-6-5-7-18(12-16)26-22(29)15-32-24-20-14-31-25(2,3)13-21(20)27-23(28-24)17-8-10-19(30-4)11-9-17/h5-12H,13-15H2,1-4H3,(H,26,29). The van der Waals surface area contributed by atoms with Gasteiger partial charge in [0.2, 0.25) is 5.91 Å². The molecule has 32 heavy (non-hydrogen) atoms. The van der Waals surface area contributed by atoms with Crippen molar-refractivity contribution >= 4 is 23.4 Å². The van der Waals surface area contributed by atoms with Crippen LogP contribution in [0.4, 0.5) is 5.69 Å². The topological polar surface area (TPSA) is 73.3 Å². The predicted molar refractivity (Wildman–Crippen MR) is 127 cm³/mol. The van der Waals surface area contributed by atoms with Gasteiger partial charge in [-0.25, -0.2) is 9.97 Å². The van der Waals surface area contributed by atoms with E-state index in [1.807, 2.05) is 55.5 Å². The highest BCUT2D eigenvalue weighted by atomic mass is 32.2. The van der Waals surface area contributed by atoms with Crippen LogP contribution in [-0.2, 0) is 22.6 Å². The van der Waals surface area contributed by atoms with Crippen LogP contribution in [0, 0.1) is 6.92 Å². The maximum absolute atomic E-state index is 12.6. The molecule has 0 atom stereocenters. The summed E-state index contributed by atoms with van der Waals surface area (Å²) in [5, 5.41) is 3.74. The summed E-state index contributed by atoms with van der Waals surface area (Å²) in [6.45, 7) is 6.56. The minimum absolute atomic E-state index is 0.0731. The number of amides is 1. The molecule has 6 nitrogen and oxygen atoms in total. The van der Waals surface area contributed by atoms with E-state index >= 15 is 0 Å². The molecule has 0 saturated heterocycles. The maximum Gasteiger partial charge on any atom is 0.234 e. The zero-order chi connectivity index (χ0) is 22.7. The first-order valence-corrected chi connectivity index (χ1v) is 11.5. The third-order valence-corrected chi connectivity index (χ3v) is 6.26. The molecule has 166 valence electrons. The summed E-state index contributed by atoms with van der Waals surface area (Å²) in [4.78, 5) is 22.2. The van der Waals surface area contributed by atoms with Crippen molar-refractivity contribution in [3.63, 3.8) is 0 Å². The van der Waals surface area contributed by atoms with Crippen molar-refractivity contribution < 1.29 is 14.3 Å². The summed E-state index contributed by atoms with van der Waals surface area (Å²) in [6.07, 6.45) is 0.692. The predicted octanol–water partition coefficient (Wildman–Crippen LogP) is 5.04. The molecule has 7 heteroatoms. The number of aromatic nitrogens is 2. The van der Waals surface area contributed by atoms with Gasteiger partial charge in [-0.05, 0) is 62.7 Å². The molecule has 1 aromatic heterocycles. The zero-order valence-corrected chi connectivity index (χ0v) is 19.6.